The molecule has 0 spiro atoms. The number of sulfone groups is 1. The van der Waals surface area contributed by atoms with Gasteiger partial charge in [-0.3, -0.25) is 0 Å². The summed E-state index contributed by atoms with van der Waals surface area (Å²) in [5, 5.41) is 3.43. The molecule has 1 atom stereocenters. The van der Waals surface area contributed by atoms with Crippen molar-refractivity contribution in [2.24, 2.45) is 5.92 Å². The van der Waals surface area contributed by atoms with Gasteiger partial charge in [-0.2, -0.15) is 0 Å². The summed E-state index contributed by atoms with van der Waals surface area (Å²) in [6, 6.07) is 0. The Morgan fingerprint density at radius 3 is 2.47 bits per heavy atom. The molecule has 17 heavy (non-hydrogen) atoms. The first-order valence-electron chi connectivity index (χ1n) is 6.32. The number of nitrogens with one attached hydrogen (secondary N) is 1. The van der Waals surface area contributed by atoms with Crippen LogP contribution in [0, 0.1) is 5.92 Å². The van der Waals surface area contributed by atoms with Crippen molar-refractivity contribution in [1.29, 1.82) is 0 Å². The summed E-state index contributed by atoms with van der Waals surface area (Å²) in [6.45, 7) is 9.25. The standard InChI is InChI=1S/C12H26N2O2S/c1-12(2,3)13-6-7-14(4)9-11-5-8-17(15,16)10-11/h11,13H,5-10H2,1-4H3. The Kier molecular flexibility index (Phi) is 4.98. The Morgan fingerprint density at radius 1 is 1.35 bits per heavy atom. The van der Waals surface area contributed by atoms with Crippen LogP contribution < -0.4 is 5.32 Å². The maximum absolute atomic E-state index is 11.3. The van der Waals surface area contributed by atoms with Gasteiger partial charge in [-0.25, -0.2) is 8.42 Å². The summed E-state index contributed by atoms with van der Waals surface area (Å²) < 4.78 is 22.7. The summed E-state index contributed by atoms with van der Waals surface area (Å²) in [6.07, 6.45) is 0.833. The second-order valence-electron chi connectivity index (χ2n) is 6.21. The van der Waals surface area contributed by atoms with Crippen LogP contribution in [0.25, 0.3) is 0 Å². The molecule has 0 saturated carbocycles. The Morgan fingerprint density at radius 2 is 2.00 bits per heavy atom. The van der Waals surface area contributed by atoms with Crippen LogP contribution in [0.15, 0.2) is 0 Å². The molecule has 1 heterocycles. The Bertz CT molecular complexity index is 333. The number of rotatable bonds is 5. The van der Waals surface area contributed by atoms with Gasteiger partial charge in [0.1, 0.15) is 0 Å². The quantitative estimate of drug-likeness (QED) is 0.794. The normalized spacial score (nSPS) is 24.4. The van der Waals surface area contributed by atoms with Crippen LogP contribution in [0.1, 0.15) is 27.2 Å². The van der Waals surface area contributed by atoms with Crippen LogP contribution in [-0.4, -0.2) is 57.0 Å². The zero-order chi connectivity index (χ0) is 13.1. The molecule has 0 amide bonds. The highest BCUT2D eigenvalue weighted by molar-refractivity contribution is 7.91. The smallest absolute Gasteiger partial charge is 0.150 e. The number of hydrogen-bond acceptors (Lipinski definition) is 4. The van der Waals surface area contributed by atoms with E-state index in [0.717, 1.165) is 26.1 Å². The lowest BCUT2D eigenvalue weighted by Gasteiger charge is -2.24. The molecule has 0 aromatic rings. The van der Waals surface area contributed by atoms with Crippen molar-refractivity contribution in [3.63, 3.8) is 0 Å². The zero-order valence-electron chi connectivity index (χ0n) is 11.5. The number of hydrogen-bond donors (Lipinski definition) is 1. The van der Waals surface area contributed by atoms with Gasteiger partial charge in [0.15, 0.2) is 9.84 Å². The molecule has 0 aliphatic carbocycles. The third kappa shape index (κ3) is 6.38. The Labute approximate surface area is 106 Å². The molecule has 4 nitrogen and oxygen atoms in total. The minimum atomic E-state index is -2.73. The average molecular weight is 262 g/mol. The topological polar surface area (TPSA) is 49.4 Å². The predicted octanol–water partition coefficient (Wildman–Crippen LogP) is 0.741. The summed E-state index contributed by atoms with van der Waals surface area (Å²) >= 11 is 0. The maximum Gasteiger partial charge on any atom is 0.150 e. The van der Waals surface area contributed by atoms with Crippen molar-refractivity contribution < 1.29 is 8.42 Å². The Hall–Kier alpha value is -0.130. The van der Waals surface area contributed by atoms with E-state index in [9.17, 15) is 8.42 Å². The van der Waals surface area contributed by atoms with E-state index in [1.165, 1.54) is 0 Å². The molecular weight excluding hydrogens is 236 g/mol. The highest BCUT2D eigenvalue weighted by Gasteiger charge is 2.28. The van der Waals surface area contributed by atoms with E-state index in [4.69, 9.17) is 0 Å². The van der Waals surface area contributed by atoms with Gasteiger partial charge in [0.05, 0.1) is 11.5 Å². The monoisotopic (exact) mass is 262 g/mol. The number of likely N-dealkylation sites (N-methyl/N-ethyl adjacent to an activating group) is 1. The lowest BCUT2D eigenvalue weighted by molar-refractivity contribution is 0.275. The number of nitrogens with zero attached hydrogens (tertiary/aromatic N) is 1. The molecule has 1 rings (SSSR count). The van der Waals surface area contributed by atoms with E-state index in [-0.39, 0.29) is 5.54 Å². The van der Waals surface area contributed by atoms with Crippen LogP contribution in [0.2, 0.25) is 0 Å². The van der Waals surface area contributed by atoms with Gasteiger partial charge in [-0.15, -0.1) is 0 Å². The van der Waals surface area contributed by atoms with Crippen molar-refractivity contribution in [3.05, 3.63) is 0 Å². The third-order valence-corrected chi connectivity index (χ3v) is 4.88. The molecule has 1 N–H and O–H groups in total. The average Bonchev–Trinajstić information content (AvgIpc) is 2.42. The molecule has 1 fully saturated rings. The molecule has 1 aliphatic rings. The van der Waals surface area contributed by atoms with Crippen LogP contribution in [0.4, 0.5) is 0 Å². The maximum atomic E-state index is 11.3. The van der Waals surface area contributed by atoms with Gasteiger partial charge in [-0.1, -0.05) is 0 Å². The highest BCUT2D eigenvalue weighted by atomic mass is 32.2. The Balaban J connectivity index is 2.20. The van der Waals surface area contributed by atoms with E-state index in [1.807, 2.05) is 0 Å². The van der Waals surface area contributed by atoms with E-state index in [2.05, 4.69) is 38.0 Å². The minimum absolute atomic E-state index is 0.150. The SMILES string of the molecule is CN(CCNC(C)(C)C)CC1CCS(=O)(=O)C1. The van der Waals surface area contributed by atoms with Crippen LogP contribution in [0.3, 0.4) is 0 Å². The van der Waals surface area contributed by atoms with Crippen molar-refractivity contribution in [2.45, 2.75) is 32.7 Å². The second-order valence-corrected chi connectivity index (χ2v) is 8.44. The lowest BCUT2D eigenvalue weighted by Crippen LogP contribution is -2.41. The molecule has 1 saturated heterocycles. The zero-order valence-corrected chi connectivity index (χ0v) is 12.3. The molecule has 0 aromatic heterocycles. The molecule has 0 radical (unpaired) electrons. The first kappa shape index (κ1) is 14.9. The van der Waals surface area contributed by atoms with Gasteiger partial charge in [0, 0.05) is 25.2 Å². The van der Waals surface area contributed by atoms with Gasteiger partial charge < -0.3 is 10.2 Å². The molecule has 1 aliphatic heterocycles. The summed E-state index contributed by atoms with van der Waals surface area (Å²) in [5.41, 5.74) is 0.150. The molecule has 102 valence electrons. The van der Waals surface area contributed by atoms with Crippen molar-refractivity contribution in [2.75, 3.05) is 38.2 Å². The predicted molar refractivity (Wildman–Crippen MR) is 72.0 cm³/mol. The van der Waals surface area contributed by atoms with Crippen LogP contribution >= 0.6 is 0 Å². The fraction of sp³-hybridized carbons (Fsp3) is 1.00. The summed E-state index contributed by atoms with van der Waals surface area (Å²) in [4.78, 5) is 2.23. The lowest BCUT2D eigenvalue weighted by atomic mass is 10.1. The van der Waals surface area contributed by atoms with Crippen molar-refractivity contribution >= 4 is 9.84 Å². The van der Waals surface area contributed by atoms with Crippen LogP contribution in [0.5, 0.6) is 0 Å². The highest BCUT2D eigenvalue weighted by Crippen LogP contribution is 2.18. The van der Waals surface area contributed by atoms with E-state index < -0.39 is 9.84 Å². The molecular formula is C12H26N2O2S. The van der Waals surface area contributed by atoms with E-state index in [0.29, 0.717) is 17.4 Å². The first-order chi connectivity index (χ1) is 7.68. The molecule has 0 aromatic carbocycles. The van der Waals surface area contributed by atoms with Gasteiger partial charge in [0.25, 0.3) is 0 Å². The molecule has 1 unspecified atom stereocenters. The van der Waals surface area contributed by atoms with Crippen LogP contribution in [-0.2, 0) is 9.84 Å². The minimum Gasteiger partial charge on any atom is -0.311 e. The van der Waals surface area contributed by atoms with Gasteiger partial charge in [0.2, 0.25) is 0 Å². The van der Waals surface area contributed by atoms with Gasteiger partial charge in [-0.05, 0) is 40.2 Å². The fourth-order valence-corrected chi connectivity index (χ4v) is 4.02. The molecule has 5 heteroatoms. The summed E-state index contributed by atoms with van der Waals surface area (Å²) in [5.74, 6) is 1.09. The third-order valence-electron chi connectivity index (χ3n) is 3.05. The fourth-order valence-electron chi connectivity index (χ4n) is 2.17. The van der Waals surface area contributed by atoms with Crippen molar-refractivity contribution in [1.82, 2.24) is 10.2 Å². The largest absolute Gasteiger partial charge is 0.311 e. The van der Waals surface area contributed by atoms with E-state index in [1.54, 1.807) is 0 Å². The van der Waals surface area contributed by atoms with Gasteiger partial charge >= 0.3 is 0 Å². The van der Waals surface area contributed by atoms with Crippen molar-refractivity contribution in [3.8, 4) is 0 Å². The summed E-state index contributed by atoms with van der Waals surface area (Å²) in [7, 11) is -0.662. The second kappa shape index (κ2) is 5.67. The first-order valence-corrected chi connectivity index (χ1v) is 8.14. The van der Waals surface area contributed by atoms with E-state index >= 15 is 0 Å². The molecule has 0 bridgehead atoms.